The van der Waals surface area contributed by atoms with Crippen molar-refractivity contribution in [2.75, 3.05) is 11.5 Å². The molecule has 0 saturated heterocycles. The van der Waals surface area contributed by atoms with Crippen molar-refractivity contribution in [3.8, 4) is 0 Å². The Balaban J connectivity index is 1.67. The van der Waals surface area contributed by atoms with Crippen molar-refractivity contribution in [3.05, 3.63) is 86.6 Å². The molecule has 158 valence electrons. The highest BCUT2D eigenvalue weighted by Crippen LogP contribution is 2.24. The molecule has 8 nitrogen and oxygen atoms in total. The van der Waals surface area contributed by atoms with Crippen molar-refractivity contribution >= 4 is 34.5 Å². The molecular formula is C22H20N4O4S. The Bertz CT molecular complexity index is 1340. The van der Waals surface area contributed by atoms with Crippen LogP contribution >= 0.6 is 11.8 Å². The van der Waals surface area contributed by atoms with E-state index in [2.05, 4.69) is 4.98 Å². The normalized spacial score (nSPS) is 11.1. The van der Waals surface area contributed by atoms with Gasteiger partial charge in [0.2, 0.25) is 0 Å². The summed E-state index contributed by atoms with van der Waals surface area (Å²) in [5.41, 5.74) is 6.87. The van der Waals surface area contributed by atoms with Crippen LogP contribution in [0.25, 0.3) is 11.1 Å². The maximum Gasteiger partial charge on any atom is 0.332 e. The lowest BCUT2D eigenvalue weighted by molar-refractivity contribution is 0.102. The predicted molar refractivity (Wildman–Crippen MR) is 120 cm³/mol. The van der Waals surface area contributed by atoms with Crippen LogP contribution in [-0.2, 0) is 13.1 Å². The van der Waals surface area contributed by atoms with Gasteiger partial charge in [0.05, 0.1) is 12.3 Å². The van der Waals surface area contributed by atoms with Crippen molar-refractivity contribution < 1.29 is 9.21 Å². The van der Waals surface area contributed by atoms with E-state index in [9.17, 15) is 14.4 Å². The zero-order valence-corrected chi connectivity index (χ0v) is 17.6. The molecule has 0 aliphatic rings. The smallest absolute Gasteiger partial charge is 0.332 e. The van der Waals surface area contributed by atoms with Gasteiger partial charge in [-0.05, 0) is 24.6 Å². The fourth-order valence-electron chi connectivity index (χ4n) is 3.29. The van der Waals surface area contributed by atoms with E-state index in [1.165, 1.54) is 4.57 Å². The molecule has 0 fully saturated rings. The Morgan fingerprint density at radius 2 is 1.77 bits per heavy atom. The monoisotopic (exact) mass is 436 g/mol. The highest BCUT2D eigenvalue weighted by atomic mass is 32.2. The van der Waals surface area contributed by atoms with Crippen molar-refractivity contribution in [2.24, 2.45) is 0 Å². The minimum Gasteiger partial charge on any atom is -0.431 e. The SMILES string of the molecule is CCn1c(=O)c(C(=O)CSc2nc3ccccc3o2)c(N)n(Cc2ccccc2)c1=O. The lowest BCUT2D eigenvalue weighted by atomic mass is 10.2. The standard InChI is InChI=1S/C22H20N4O4S/c1-2-25-20(28)18(19(23)26(22(25)29)12-14-8-4-3-5-9-14)16(27)13-31-21-24-15-10-6-7-11-17(15)30-21/h3-11H,2,12-13,23H2,1H3. The quantitative estimate of drug-likeness (QED) is 0.350. The molecular weight excluding hydrogens is 416 g/mol. The first-order valence-corrected chi connectivity index (χ1v) is 10.7. The van der Waals surface area contributed by atoms with Crippen LogP contribution in [0.3, 0.4) is 0 Å². The number of thioether (sulfide) groups is 1. The first kappa shape index (κ1) is 20.7. The first-order chi connectivity index (χ1) is 15.0. The van der Waals surface area contributed by atoms with Gasteiger partial charge in [-0.1, -0.05) is 54.2 Å². The number of nitrogens with two attached hydrogens (primary N) is 1. The number of oxazole rings is 1. The molecule has 0 aliphatic heterocycles. The van der Waals surface area contributed by atoms with Crippen LogP contribution in [0.4, 0.5) is 5.82 Å². The number of hydrogen-bond acceptors (Lipinski definition) is 7. The van der Waals surface area contributed by atoms with Crippen LogP contribution in [0.2, 0.25) is 0 Å². The number of nitrogen functional groups attached to an aromatic ring is 1. The zero-order chi connectivity index (χ0) is 22.0. The Kier molecular flexibility index (Phi) is 5.77. The molecule has 4 rings (SSSR count). The number of anilines is 1. The summed E-state index contributed by atoms with van der Waals surface area (Å²) in [5, 5.41) is 0.321. The van der Waals surface area contributed by atoms with Gasteiger partial charge in [-0.3, -0.25) is 18.7 Å². The van der Waals surface area contributed by atoms with Gasteiger partial charge in [0.25, 0.3) is 10.8 Å². The number of hydrogen-bond donors (Lipinski definition) is 1. The molecule has 0 radical (unpaired) electrons. The molecule has 4 aromatic rings. The number of para-hydroxylation sites is 2. The fourth-order valence-corrected chi connectivity index (χ4v) is 4.00. The van der Waals surface area contributed by atoms with Crippen LogP contribution in [0.5, 0.6) is 0 Å². The molecule has 2 aromatic heterocycles. The van der Waals surface area contributed by atoms with E-state index in [1.54, 1.807) is 13.0 Å². The molecule has 2 heterocycles. The maximum atomic E-state index is 13.0. The summed E-state index contributed by atoms with van der Waals surface area (Å²) in [5.74, 6) is -0.718. The average molecular weight is 436 g/mol. The predicted octanol–water partition coefficient (Wildman–Crippen LogP) is 2.78. The van der Waals surface area contributed by atoms with Gasteiger partial charge in [-0.2, -0.15) is 0 Å². The van der Waals surface area contributed by atoms with E-state index in [4.69, 9.17) is 10.2 Å². The van der Waals surface area contributed by atoms with Crippen molar-refractivity contribution in [3.63, 3.8) is 0 Å². The van der Waals surface area contributed by atoms with Crippen molar-refractivity contribution in [1.82, 2.24) is 14.1 Å². The Morgan fingerprint density at radius 3 is 2.48 bits per heavy atom. The van der Waals surface area contributed by atoms with E-state index in [0.29, 0.717) is 16.3 Å². The highest BCUT2D eigenvalue weighted by molar-refractivity contribution is 7.99. The van der Waals surface area contributed by atoms with Crippen LogP contribution in [0.1, 0.15) is 22.8 Å². The van der Waals surface area contributed by atoms with Crippen LogP contribution in [0.15, 0.2) is 73.8 Å². The van der Waals surface area contributed by atoms with Gasteiger partial charge in [0.15, 0.2) is 11.4 Å². The van der Waals surface area contributed by atoms with Gasteiger partial charge >= 0.3 is 5.69 Å². The third kappa shape index (κ3) is 4.04. The van der Waals surface area contributed by atoms with E-state index >= 15 is 0 Å². The molecule has 2 aromatic carbocycles. The fraction of sp³-hybridized carbons (Fsp3) is 0.182. The zero-order valence-electron chi connectivity index (χ0n) is 16.8. The highest BCUT2D eigenvalue weighted by Gasteiger charge is 2.23. The molecule has 0 saturated carbocycles. The largest absolute Gasteiger partial charge is 0.431 e. The van der Waals surface area contributed by atoms with Crippen LogP contribution in [-0.4, -0.2) is 25.7 Å². The van der Waals surface area contributed by atoms with Gasteiger partial charge in [-0.15, -0.1) is 0 Å². The van der Waals surface area contributed by atoms with Gasteiger partial charge in [0.1, 0.15) is 16.9 Å². The van der Waals surface area contributed by atoms with E-state index < -0.39 is 17.0 Å². The number of Topliss-reactive ketones (excluding diaryl/α,β-unsaturated/α-hetero) is 1. The average Bonchev–Trinajstić information content (AvgIpc) is 3.19. The number of carbonyl (C=O) groups is 1. The van der Waals surface area contributed by atoms with Crippen LogP contribution in [0, 0.1) is 0 Å². The number of ketones is 1. The molecule has 0 atom stereocenters. The van der Waals surface area contributed by atoms with Gasteiger partial charge in [-0.25, -0.2) is 9.78 Å². The summed E-state index contributed by atoms with van der Waals surface area (Å²) in [6, 6.07) is 16.5. The minimum absolute atomic E-state index is 0.0977. The molecule has 0 amide bonds. The third-order valence-corrected chi connectivity index (χ3v) is 5.68. The molecule has 0 bridgehead atoms. The molecule has 31 heavy (non-hydrogen) atoms. The molecule has 9 heteroatoms. The Hall–Kier alpha value is -3.59. The summed E-state index contributed by atoms with van der Waals surface area (Å²) in [7, 11) is 0. The van der Waals surface area contributed by atoms with Crippen molar-refractivity contribution in [1.29, 1.82) is 0 Å². The number of aromatic nitrogens is 3. The third-order valence-electron chi connectivity index (χ3n) is 4.85. The summed E-state index contributed by atoms with van der Waals surface area (Å²) in [4.78, 5) is 42.9. The summed E-state index contributed by atoms with van der Waals surface area (Å²) in [6.07, 6.45) is 0. The van der Waals surface area contributed by atoms with Crippen LogP contribution < -0.4 is 17.0 Å². The molecule has 0 aliphatic carbocycles. The lowest BCUT2D eigenvalue weighted by Crippen LogP contribution is -2.44. The second-order valence-electron chi connectivity index (χ2n) is 6.82. The number of benzene rings is 2. The second-order valence-corrected chi connectivity index (χ2v) is 7.75. The number of carbonyl (C=O) groups excluding carboxylic acids is 1. The minimum atomic E-state index is -0.683. The summed E-state index contributed by atoms with van der Waals surface area (Å²) in [6.45, 7) is 1.96. The van der Waals surface area contributed by atoms with E-state index in [1.807, 2.05) is 48.5 Å². The lowest BCUT2D eigenvalue weighted by Gasteiger charge is -2.15. The van der Waals surface area contributed by atoms with E-state index in [-0.39, 0.29) is 30.2 Å². The van der Waals surface area contributed by atoms with Gasteiger partial charge in [0, 0.05) is 6.54 Å². The second kappa shape index (κ2) is 8.65. The van der Waals surface area contributed by atoms with Crippen molar-refractivity contribution in [2.45, 2.75) is 25.2 Å². The number of nitrogens with zero attached hydrogens (tertiary/aromatic N) is 3. The Labute approximate surface area is 181 Å². The topological polar surface area (TPSA) is 113 Å². The molecule has 0 spiro atoms. The number of fused-ring (bicyclic) bond motifs is 1. The summed E-state index contributed by atoms with van der Waals surface area (Å²) < 4.78 is 7.90. The Morgan fingerprint density at radius 1 is 1.06 bits per heavy atom. The first-order valence-electron chi connectivity index (χ1n) is 9.68. The van der Waals surface area contributed by atoms with E-state index in [0.717, 1.165) is 21.9 Å². The number of rotatable bonds is 7. The van der Waals surface area contributed by atoms with Gasteiger partial charge < -0.3 is 10.2 Å². The maximum absolute atomic E-state index is 13.0. The molecule has 0 unspecified atom stereocenters. The summed E-state index contributed by atoms with van der Waals surface area (Å²) >= 11 is 1.08. The molecule has 2 N–H and O–H groups in total.